The van der Waals surface area contributed by atoms with Crippen LogP contribution in [0.15, 0.2) is 0 Å². The summed E-state index contributed by atoms with van der Waals surface area (Å²) >= 11 is 0. The van der Waals surface area contributed by atoms with Crippen LogP contribution in [0.5, 0.6) is 0 Å². The van der Waals surface area contributed by atoms with Crippen LogP contribution in [0, 0.1) is 23.7 Å². The molecule has 0 heterocycles. The Morgan fingerprint density at radius 2 is 0.452 bits per heavy atom. The lowest BCUT2D eigenvalue weighted by molar-refractivity contribution is -0.161. The number of rotatable bonds is 71. The van der Waals surface area contributed by atoms with Crippen molar-refractivity contribution >= 4 is 39.5 Å². The van der Waals surface area contributed by atoms with Gasteiger partial charge in [0.1, 0.15) is 19.3 Å². The van der Waals surface area contributed by atoms with Crippen LogP contribution in [0.25, 0.3) is 0 Å². The summed E-state index contributed by atoms with van der Waals surface area (Å²) in [4.78, 5) is 72.7. The van der Waals surface area contributed by atoms with Gasteiger partial charge in [-0.05, 0) is 49.4 Å². The van der Waals surface area contributed by atoms with Crippen molar-refractivity contribution in [1.82, 2.24) is 0 Å². The summed E-state index contributed by atoms with van der Waals surface area (Å²) in [6.07, 6.45) is 47.4. The Kier molecular flexibility index (Phi) is 62.2. The van der Waals surface area contributed by atoms with Crippen molar-refractivity contribution in [2.75, 3.05) is 39.6 Å². The number of aliphatic hydroxyl groups is 1. The molecule has 17 nitrogen and oxygen atoms in total. The van der Waals surface area contributed by atoms with Gasteiger partial charge in [0.25, 0.3) is 0 Å². The van der Waals surface area contributed by atoms with Gasteiger partial charge in [0, 0.05) is 25.7 Å². The zero-order chi connectivity index (χ0) is 68.9. The van der Waals surface area contributed by atoms with E-state index in [2.05, 4.69) is 55.4 Å². The average Bonchev–Trinajstić information content (AvgIpc) is 2.50. The number of carbonyl (C=O) groups excluding carboxylic acids is 4. The highest BCUT2D eigenvalue weighted by Crippen LogP contribution is 2.45. The molecule has 0 radical (unpaired) electrons. The maximum Gasteiger partial charge on any atom is 0.472 e. The molecule has 93 heavy (non-hydrogen) atoms. The fourth-order valence-corrected chi connectivity index (χ4v) is 12.8. The van der Waals surface area contributed by atoms with Gasteiger partial charge in [-0.25, -0.2) is 9.13 Å². The topological polar surface area (TPSA) is 237 Å². The van der Waals surface area contributed by atoms with Gasteiger partial charge in [-0.3, -0.25) is 37.3 Å². The first-order valence-electron chi connectivity index (χ1n) is 38.2. The van der Waals surface area contributed by atoms with E-state index in [9.17, 15) is 43.2 Å². The minimum absolute atomic E-state index is 0.104. The molecule has 552 valence electrons. The number of unbranched alkanes of at least 4 members (excludes halogenated alkanes) is 37. The third-order valence-corrected chi connectivity index (χ3v) is 19.0. The standard InChI is InChI=1S/C74H144O17P2/c1-64(2)50-42-34-26-20-14-12-10-9-11-13-15-23-29-38-46-54-71(76)84-60-69(90-73(78)56-48-40-30-24-18-16-21-27-35-43-51-65(3)4)62-88-92(80,81)86-58-68(75)59-87-93(82,83)89-63-70(61-85-72(77)55-47-39-33-32-37-45-53-67(7)8)91-74(79)57-49-41-31-25-19-17-22-28-36-44-52-66(5)6/h64-70,75H,9-63H2,1-8H3,(H,80,81)(H,82,83)/t68-,69-,70-/m1/s1. The molecule has 0 amide bonds. The van der Waals surface area contributed by atoms with Crippen molar-refractivity contribution in [2.45, 2.75) is 388 Å². The number of carbonyl (C=O) groups is 4. The number of hydrogen-bond donors (Lipinski definition) is 3. The van der Waals surface area contributed by atoms with Gasteiger partial charge in [-0.15, -0.1) is 0 Å². The SMILES string of the molecule is CC(C)CCCCCCCCCCCCCCCCCC(=O)OC[C@H](COP(=O)(O)OC[C@@H](O)COP(=O)(O)OC[C@@H](COC(=O)CCCCCCCCC(C)C)OC(=O)CCCCCCCCCCCCC(C)C)OC(=O)CCCCCCCCCCCCC(C)C. The summed E-state index contributed by atoms with van der Waals surface area (Å²) in [5, 5.41) is 10.6. The number of esters is 4. The summed E-state index contributed by atoms with van der Waals surface area (Å²) in [5.41, 5.74) is 0. The Hall–Kier alpha value is -1.94. The zero-order valence-corrected chi connectivity index (χ0v) is 62.7. The molecule has 5 atom stereocenters. The monoisotopic (exact) mass is 1370 g/mol. The molecule has 0 aliphatic heterocycles. The van der Waals surface area contributed by atoms with Crippen molar-refractivity contribution in [3.05, 3.63) is 0 Å². The molecular weight excluding hydrogens is 1220 g/mol. The van der Waals surface area contributed by atoms with Crippen molar-refractivity contribution in [1.29, 1.82) is 0 Å². The van der Waals surface area contributed by atoms with Crippen LogP contribution in [-0.2, 0) is 65.4 Å². The van der Waals surface area contributed by atoms with Crippen LogP contribution in [-0.4, -0.2) is 96.7 Å². The first kappa shape index (κ1) is 91.1. The summed E-state index contributed by atoms with van der Waals surface area (Å²) in [6, 6.07) is 0. The van der Waals surface area contributed by atoms with Gasteiger partial charge < -0.3 is 33.8 Å². The molecule has 0 rings (SSSR count). The third kappa shape index (κ3) is 68.4. The van der Waals surface area contributed by atoms with Crippen LogP contribution in [0.3, 0.4) is 0 Å². The lowest BCUT2D eigenvalue weighted by Crippen LogP contribution is -2.30. The average molecular weight is 1370 g/mol. The summed E-state index contributed by atoms with van der Waals surface area (Å²) < 4.78 is 68.4. The second kappa shape index (κ2) is 63.5. The number of ether oxygens (including phenoxy) is 4. The third-order valence-electron chi connectivity index (χ3n) is 17.1. The predicted octanol–water partition coefficient (Wildman–Crippen LogP) is 21.3. The van der Waals surface area contributed by atoms with Crippen molar-refractivity contribution < 1.29 is 80.2 Å². The summed E-state index contributed by atoms with van der Waals surface area (Å²) in [7, 11) is -9.91. The molecule has 0 saturated carbocycles. The van der Waals surface area contributed by atoms with E-state index in [1.807, 2.05) is 0 Å². The van der Waals surface area contributed by atoms with Gasteiger partial charge >= 0.3 is 39.5 Å². The van der Waals surface area contributed by atoms with E-state index < -0.39 is 97.5 Å². The zero-order valence-electron chi connectivity index (χ0n) is 60.9. The Labute approximate surface area is 568 Å². The normalized spacial score (nSPS) is 14.2. The van der Waals surface area contributed by atoms with E-state index in [1.165, 1.54) is 167 Å². The van der Waals surface area contributed by atoms with Gasteiger partial charge in [0.2, 0.25) is 0 Å². The van der Waals surface area contributed by atoms with Crippen molar-refractivity contribution in [2.24, 2.45) is 23.7 Å². The molecule has 0 bridgehead atoms. The first-order chi connectivity index (χ1) is 44.6. The lowest BCUT2D eigenvalue weighted by atomic mass is 10.0. The molecule has 0 aromatic rings. The van der Waals surface area contributed by atoms with E-state index in [0.29, 0.717) is 31.6 Å². The predicted molar refractivity (Wildman–Crippen MR) is 377 cm³/mol. The molecule has 0 fully saturated rings. The van der Waals surface area contributed by atoms with Crippen LogP contribution in [0.1, 0.15) is 370 Å². The first-order valence-corrected chi connectivity index (χ1v) is 41.2. The van der Waals surface area contributed by atoms with E-state index >= 15 is 0 Å². The highest BCUT2D eigenvalue weighted by atomic mass is 31.2. The smallest absolute Gasteiger partial charge is 0.462 e. The molecule has 2 unspecified atom stereocenters. The van der Waals surface area contributed by atoms with E-state index in [0.717, 1.165) is 114 Å². The van der Waals surface area contributed by atoms with E-state index in [4.69, 9.17) is 37.0 Å². The van der Waals surface area contributed by atoms with Crippen molar-refractivity contribution in [3.63, 3.8) is 0 Å². The number of phosphoric acid groups is 2. The maximum atomic E-state index is 13.1. The molecule has 0 saturated heterocycles. The maximum absolute atomic E-state index is 13.1. The van der Waals surface area contributed by atoms with Crippen LogP contribution in [0.2, 0.25) is 0 Å². The molecule has 3 N–H and O–H groups in total. The molecule has 0 aromatic carbocycles. The molecule has 0 aliphatic carbocycles. The fourth-order valence-electron chi connectivity index (χ4n) is 11.2. The van der Waals surface area contributed by atoms with Crippen molar-refractivity contribution in [3.8, 4) is 0 Å². The Bertz CT molecular complexity index is 1830. The molecule has 19 heteroatoms. The van der Waals surface area contributed by atoms with E-state index in [1.54, 1.807) is 0 Å². The number of aliphatic hydroxyl groups excluding tert-OH is 1. The molecule has 0 aromatic heterocycles. The Balaban J connectivity index is 5.22. The highest BCUT2D eigenvalue weighted by molar-refractivity contribution is 7.47. The number of phosphoric ester groups is 2. The lowest BCUT2D eigenvalue weighted by Gasteiger charge is -2.21. The largest absolute Gasteiger partial charge is 0.472 e. The Morgan fingerprint density at radius 3 is 0.667 bits per heavy atom. The minimum Gasteiger partial charge on any atom is -0.462 e. The second-order valence-electron chi connectivity index (χ2n) is 28.6. The van der Waals surface area contributed by atoms with Crippen LogP contribution in [0.4, 0.5) is 0 Å². The Morgan fingerprint density at radius 1 is 0.269 bits per heavy atom. The fraction of sp³-hybridized carbons (Fsp3) is 0.946. The van der Waals surface area contributed by atoms with Gasteiger partial charge in [0.05, 0.1) is 26.4 Å². The van der Waals surface area contributed by atoms with Crippen LogP contribution >= 0.6 is 15.6 Å². The molecule has 0 spiro atoms. The summed E-state index contributed by atoms with van der Waals surface area (Å²) in [5.74, 6) is 0.864. The van der Waals surface area contributed by atoms with E-state index in [-0.39, 0.29) is 25.7 Å². The number of hydrogen-bond acceptors (Lipinski definition) is 15. The molecular formula is C74H144O17P2. The van der Waals surface area contributed by atoms with Gasteiger partial charge in [-0.1, -0.05) is 319 Å². The van der Waals surface area contributed by atoms with Gasteiger partial charge in [-0.2, -0.15) is 0 Å². The summed E-state index contributed by atoms with van der Waals surface area (Å²) in [6.45, 7) is 14.1. The highest BCUT2D eigenvalue weighted by Gasteiger charge is 2.30. The van der Waals surface area contributed by atoms with Crippen LogP contribution < -0.4 is 0 Å². The second-order valence-corrected chi connectivity index (χ2v) is 31.5. The molecule has 0 aliphatic rings. The van der Waals surface area contributed by atoms with Gasteiger partial charge in [0.15, 0.2) is 12.2 Å². The quantitative estimate of drug-likeness (QED) is 0.0222. The minimum atomic E-state index is -4.96.